The molecule has 6 heteroatoms. The van der Waals surface area contributed by atoms with E-state index in [1.165, 1.54) is 0 Å². The fourth-order valence-corrected chi connectivity index (χ4v) is 2.19. The van der Waals surface area contributed by atoms with Crippen molar-refractivity contribution in [3.05, 3.63) is 35.9 Å². The Bertz CT molecular complexity index is 379. The van der Waals surface area contributed by atoms with Crippen molar-refractivity contribution < 1.29 is 9.53 Å². The first-order chi connectivity index (χ1) is 9.19. The van der Waals surface area contributed by atoms with Gasteiger partial charge in [-0.25, -0.2) is 0 Å². The summed E-state index contributed by atoms with van der Waals surface area (Å²) in [6.45, 7) is 0.437. The summed E-state index contributed by atoms with van der Waals surface area (Å²) in [5.41, 5.74) is 6.85. The van der Waals surface area contributed by atoms with Crippen molar-refractivity contribution in [2.24, 2.45) is 5.73 Å². The Labute approximate surface area is 131 Å². The third-order valence-corrected chi connectivity index (χ3v) is 3.53. The van der Waals surface area contributed by atoms with E-state index in [4.69, 9.17) is 10.5 Å². The molecule has 0 aliphatic carbocycles. The normalized spacial score (nSPS) is 13.2. The molecule has 0 radical (unpaired) electrons. The number of amides is 1. The number of carbonyl (C=O) groups excluding carboxylic acids is 1. The molecule has 0 aromatic heterocycles. The van der Waals surface area contributed by atoms with E-state index in [2.05, 4.69) is 5.32 Å². The molecule has 0 aliphatic rings. The van der Waals surface area contributed by atoms with E-state index in [-0.39, 0.29) is 24.4 Å². The zero-order chi connectivity index (χ0) is 14.1. The molecule has 20 heavy (non-hydrogen) atoms. The zero-order valence-electron chi connectivity index (χ0n) is 11.9. The molecule has 1 aromatic carbocycles. The van der Waals surface area contributed by atoms with Crippen LogP contribution in [0.4, 0.5) is 0 Å². The van der Waals surface area contributed by atoms with Crippen LogP contribution in [0.1, 0.15) is 18.1 Å². The van der Waals surface area contributed by atoms with Crippen LogP contribution in [0, 0.1) is 0 Å². The van der Waals surface area contributed by atoms with E-state index < -0.39 is 6.04 Å². The predicted molar refractivity (Wildman–Crippen MR) is 87.4 cm³/mol. The molecule has 0 saturated carbocycles. The van der Waals surface area contributed by atoms with Gasteiger partial charge in [-0.1, -0.05) is 30.3 Å². The summed E-state index contributed by atoms with van der Waals surface area (Å²) < 4.78 is 5.39. The van der Waals surface area contributed by atoms with Gasteiger partial charge in [0.15, 0.2) is 0 Å². The van der Waals surface area contributed by atoms with Crippen LogP contribution in [-0.4, -0.2) is 37.6 Å². The molecule has 0 aliphatic heterocycles. The lowest BCUT2D eigenvalue weighted by molar-refractivity contribution is -0.122. The van der Waals surface area contributed by atoms with Crippen molar-refractivity contribution >= 4 is 30.1 Å². The molecule has 1 rings (SSSR count). The minimum absolute atomic E-state index is 0. The van der Waals surface area contributed by atoms with E-state index in [9.17, 15) is 4.79 Å². The highest BCUT2D eigenvalue weighted by atomic mass is 35.5. The van der Waals surface area contributed by atoms with Crippen LogP contribution >= 0.6 is 24.2 Å². The summed E-state index contributed by atoms with van der Waals surface area (Å²) in [4.78, 5) is 11.8. The first-order valence-corrected chi connectivity index (χ1v) is 7.68. The summed E-state index contributed by atoms with van der Waals surface area (Å²) in [5, 5.41) is 2.84. The zero-order valence-corrected chi connectivity index (χ0v) is 13.5. The van der Waals surface area contributed by atoms with Gasteiger partial charge in [0.2, 0.25) is 5.91 Å². The topological polar surface area (TPSA) is 64.3 Å². The van der Waals surface area contributed by atoms with Crippen LogP contribution in [0.3, 0.4) is 0 Å². The summed E-state index contributed by atoms with van der Waals surface area (Å²) in [6, 6.07) is 9.37. The van der Waals surface area contributed by atoms with Crippen molar-refractivity contribution in [2.75, 3.05) is 25.7 Å². The molecule has 1 amide bonds. The van der Waals surface area contributed by atoms with Crippen LogP contribution in [0.5, 0.6) is 0 Å². The standard InChI is InChI=1S/C14H22N2O2S.ClH/c1-18-13(11-6-4-3-5-7-11)10-16-14(17)12(15)8-9-19-2;/h3-7,12-13H,8-10,15H2,1-2H3,(H,16,17);1H/t12-,13?;/m0./s1. The average Bonchev–Trinajstić information content (AvgIpc) is 2.46. The number of halogens is 1. The Morgan fingerprint density at radius 3 is 2.60 bits per heavy atom. The molecule has 1 unspecified atom stereocenters. The van der Waals surface area contributed by atoms with Crippen LogP contribution in [0.25, 0.3) is 0 Å². The maximum absolute atomic E-state index is 11.8. The summed E-state index contributed by atoms with van der Waals surface area (Å²) in [7, 11) is 1.64. The molecule has 4 nitrogen and oxygen atoms in total. The van der Waals surface area contributed by atoms with Crippen molar-refractivity contribution in [3.63, 3.8) is 0 Å². The van der Waals surface area contributed by atoms with Crippen molar-refractivity contribution in [1.82, 2.24) is 5.32 Å². The van der Waals surface area contributed by atoms with E-state index in [0.717, 1.165) is 11.3 Å². The molecular formula is C14H23ClN2O2S. The minimum atomic E-state index is -0.444. The van der Waals surface area contributed by atoms with E-state index in [1.54, 1.807) is 18.9 Å². The van der Waals surface area contributed by atoms with Gasteiger partial charge in [-0.15, -0.1) is 12.4 Å². The molecule has 0 heterocycles. The highest BCUT2D eigenvalue weighted by Crippen LogP contribution is 2.14. The molecule has 0 fully saturated rings. The number of methoxy groups -OCH3 is 1. The Balaban J connectivity index is 0.00000361. The van der Waals surface area contributed by atoms with Gasteiger partial charge in [0.25, 0.3) is 0 Å². The smallest absolute Gasteiger partial charge is 0.237 e. The number of carbonyl (C=O) groups is 1. The predicted octanol–water partition coefficient (Wildman–Crippen LogP) is 1.99. The average molecular weight is 319 g/mol. The van der Waals surface area contributed by atoms with Crippen LogP contribution < -0.4 is 11.1 Å². The Hall–Kier alpha value is -0.750. The third kappa shape index (κ3) is 6.61. The van der Waals surface area contributed by atoms with Crippen molar-refractivity contribution in [1.29, 1.82) is 0 Å². The molecule has 114 valence electrons. The van der Waals surface area contributed by atoms with Crippen molar-refractivity contribution in [2.45, 2.75) is 18.6 Å². The number of hydrogen-bond donors (Lipinski definition) is 2. The molecule has 2 atom stereocenters. The number of ether oxygens (including phenoxy) is 1. The van der Waals surface area contributed by atoms with Crippen LogP contribution in [0.15, 0.2) is 30.3 Å². The highest BCUT2D eigenvalue weighted by molar-refractivity contribution is 7.98. The van der Waals surface area contributed by atoms with Gasteiger partial charge in [-0.2, -0.15) is 11.8 Å². The van der Waals surface area contributed by atoms with Crippen LogP contribution in [-0.2, 0) is 9.53 Å². The van der Waals surface area contributed by atoms with Gasteiger partial charge in [0, 0.05) is 13.7 Å². The Kier molecular flexibility index (Phi) is 10.6. The first kappa shape index (κ1) is 19.2. The fraction of sp³-hybridized carbons (Fsp3) is 0.500. The second-order valence-corrected chi connectivity index (χ2v) is 5.25. The molecule has 0 bridgehead atoms. The molecular weight excluding hydrogens is 296 g/mol. The monoisotopic (exact) mass is 318 g/mol. The van der Waals surface area contributed by atoms with E-state index in [1.807, 2.05) is 36.6 Å². The van der Waals surface area contributed by atoms with Crippen LogP contribution in [0.2, 0.25) is 0 Å². The van der Waals surface area contributed by atoms with Gasteiger partial charge in [0.1, 0.15) is 0 Å². The second kappa shape index (κ2) is 11.0. The molecule has 0 saturated heterocycles. The second-order valence-electron chi connectivity index (χ2n) is 4.27. The van der Waals surface area contributed by atoms with Gasteiger partial charge in [0.05, 0.1) is 12.1 Å². The SMILES string of the molecule is COC(CNC(=O)[C@@H](N)CCSC)c1ccccc1.Cl. The number of thioether (sulfide) groups is 1. The van der Waals surface area contributed by atoms with E-state index >= 15 is 0 Å². The fourth-order valence-electron chi connectivity index (χ4n) is 1.71. The summed E-state index contributed by atoms with van der Waals surface area (Å²) >= 11 is 1.69. The first-order valence-electron chi connectivity index (χ1n) is 6.29. The lowest BCUT2D eigenvalue weighted by atomic mass is 10.1. The van der Waals surface area contributed by atoms with Gasteiger partial charge in [-0.05, 0) is 24.0 Å². The summed E-state index contributed by atoms with van der Waals surface area (Å²) in [5.74, 6) is 0.771. The third-order valence-electron chi connectivity index (χ3n) is 2.89. The maximum Gasteiger partial charge on any atom is 0.237 e. The number of rotatable bonds is 8. The Morgan fingerprint density at radius 1 is 1.40 bits per heavy atom. The Morgan fingerprint density at radius 2 is 2.05 bits per heavy atom. The molecule has 0 spiro atoms. The lowest BCUT2D eigenvalue weighted by Gasteiger charge is -2.18. The molecule has 1 aromatic rings. The number of benzene rings is 1. The summed E-state index contributed by atoms with van der Waals surface area (Å²) in [6.07, 6.45) is 2.55. The minimum Gasteiger partial charge on any atom is -0.375 e. The van der Waals surface area contributed by atoms with Gasteiger partial charge in [-0.3, -0.25) is 4.79 Å². The number of nitrogens with two attached hydrogens (primary N) is 1. The lowest BCUT2D eigenvalue weighted by Crippen LogP contribution is -2.42. The number of hydrogen-bond acceptors (Lipinski definition) is 4. The maximum atomic E-state index is 11.8. The van der Waals surface area contributed by atoms with Gasteiger partial charge < -0.3 is 15.8 Å². The molecule has 3 N–H and O–H groups in total. The number of nitrogens with one attached hydrogen (secondary N) is 1. The van der Waals surface area contributed by atoms with Gasteiger partial charge >= 0.3 is 0 Å². The quantitative estimate of drug-likeness (QED) is 0.769. The van der Waals surface area contributed by atoms with Crippen molar-refractivity contribution in [3.8, 4) is 0 Å². The highest BCUT2D eigenvalue weighted by Gasteiger charge is 2.16. The largest absolute Gasteiger partial charge is 0.375 e. The van der Waals surface area contributed by atoms with E-state index in [0.29, 0.717) is 13.0 Å².